The number of nitrogens with zero attached hydrogens (tertiary/aromatic N) is 2. The Kier molecular flexibility index (Phi) is 5.87. The first-order valence-corrected chi connectivity index (χ1v) is 5.74. The summed E-state index contributed by atoms with van der Waals surface area (Å²) in [6, 6.07) is 0. The second-order valence-electron chi connectivity index (χ2n) is 4.08. The Hall–Kier alpha value is -1.88. The fraction of sp³-hybridized carbons (Fsp3) is 0.385. The molecule has 0 atom stereocenters. The van der Waals surface area contributed by atoms with Crippen LogP contribution < -0.4 is 5.32 Å². The van der Waals surface area contributed by atoms with Gasteiger partial charge in [-0.3, -0.25) is 9.48 Å². The Morgan fingerprint density at radius 1 is 1.67 bits per heavy atom. The van der Waals surface area contributed by atoms with Crippen molar-refractivity contribution >= 4 is 12.0 Å². The molecule has 1 heterocycles. The fourth-order valence-corrected chi connectivity index (χ4v) is 1.25. The number of ether oxygens (including phenoxy) is 1. The number of nitrogens with one attached hydrogen (secondary N) is 1. The van der Waals surface area contributed by atoms with Crippen LogP contribution in [0.3, 0.4) is 0 Å². The number of carbonyl (C=O) groups is 1. The van der Waals surface area contributed by atoms with Gasteiger partial charge < -0.3 is 10.1 Å². The zero-order valence-corrected chi connectivity index (χ0v) is 10.8. The Balaban J connectivity index is 2.17. The van der Waals surface area contributed by atoms with E-state index >= 15 is 0 Å². The van der Waals surface area contributed by atoms with Crippen LogP contribution in [-0.2, 0) is 16.6 Å². The van der Waals surface area contributed by atoms with Crippen molar-refractivity contribution in [3.63, 3.8) is 0 Å². The van der Waals surface area contributed by atoms with E-state index < -0.39 is 0 Å². The molecular formula is C13H19N3O2. The van der Waals surface area contributed by atoms with E-state index in [1.807, 2.05) is 20.2 Å². The van der Waals surface area contributed by atoms with Gasteiger partial charge in [0, 0.05) is 31.4 Å². The quantitative estimate of drug-likeness (QED) is 0.448. The van der Waals surface area contributed by atoms with Crippen LogP contribution in [0.1, 0.15) is 12.5 Å². The van der Waals surface area contributed by atoms with Gasteiger partial charge in [0.05, 0.1) is 19.4 Å². The molecule has 5 nitrogen and oxygen atoms in total. The van der Waals surface area contributed by atoms with Crippen LogP contribution in [0, 0.1) is 0 Å². The zero-order chi connectivity index (χ0) is 13.4. The highest BCUT2D eigenvalue weighted by Gasteiger charge is 1.96. The third-order valence-corrected chi connectivity index (χ3v) is 2.05. The number of hydrogen-bond acceptors (Lipinski definition) is 3. The molecule has 0 saturated carbocycles. The van der Waals surface area contributed by atoms with Gasteiger partial charge in [0.1, 0.15) is 0 Å². The van der Waals surface area contributed by atoms with Crippen LogP contribution in [0.25, 0.3) is 6.08 Å². The predicted molar refractivity (Wildman–Crippen MR) is 70.9 cm³/mol. The van der Waals surface area contributed by atoms with Crippen LogP contribution in [0.15, 0.2) is 30.6 Å². The molecule has 1 aromatic heterocycles. The van der Waals surface area contributed by atoms with Gasteiger partial charge in [0.15, 0.2) is 0 Å². The maximum atomic E-state index is 11.4. The monoisotopic (exact) mass is 249 g/mol. The molecule has 0 fully saturated rings. The maximum Gasteiger partial charge on any atom is 0.244 e. The third kappa shape index (κ3) is 6.00. The summed E-state index contributed by atoms with van der Waals surface area (Å²) >= 11 is 0. The van der Waals surface area contributed by atoms with Gasteiger partial charge in [-0.1, -0.05) is 12.2 Å². The van der Waals surface area contributed by atoms with Crippen LogP contribution in [0.4, 0.5) is 0 Å². The molecule has 0 radical (unpaired) electrons. The van der Waals surface area contributed by atoms with Gasteiger partial charge in [-0.15, -0.1) is 0 Å². The highest BCUT2D eigenvalue weighted by Crippen LogP contribution is 1.98. The molecular weight excluding hydrogens is 230 g/mol. The average Bonchev–Trinajstić information content (AvgIpc) is 2.71. The molecule has 98 valence electrons. The summed E-state index contributed by atoms with van der Waals surface area (Å²) in [5.74, 6) is -0.141. The standard InChI is InChI=1S/C13H19N3O2/c1-11(2)10-18-7-6-14-13(17)5-4-12-8-15-16(3)9-12/h4-5,8-9H,1,6-7,10H2,2-3H3,(H,14,17)/b5-4+. The van der Waals surface area contributed by atoms with E-state index in [9.17, 15) is 4.79 Å². The lowest BCUT2D eigenvalue weighted by atomic mass is 10.3. The first-order chi connectivity index (χ1) is 8.58. The zero-order valence-electron chi connectivity index (χ0n) is 10.8. The predicted octanol–water partition coefficient (Wildman–Crippen LogP) is 1.14. The molecule has 1 amide bonds. The van der Waals surface area contributed by atoms with Crippen LogP contribution in [-0.4, -0.2) is 35.4 Å². The van der Waals surface area contributed by atoms with Gasteiger partial charge in [-0.05, 0) is 13.0 Å². The second kappa shape index (κ2) is 7.45. The Bertz CT molecular complexity index is 435. The molecule has 5 heteroatoms. The molecule has 0 aliphatic rings. The van der Waals surface area contributed by atoms with Crippen molar-refractivity contribution in [1.82, 2.24) is 15.1 Å². The number of aromatic nitrogens is 2. The molecule has 0 spiro atoms. The first kappa shape index (κ1) is 14.2. The minimum atomic E-state index is -0.141. The van der Waals surface area contributed by atoms with Crippen LogP contribution in [0.5, 0.6) is 0 Å². The molecule has 18 heavy (non-hydrogen) atoms. The van der Waals surface area contributed by atoms with Crippen LogP contribution in [0.2, 0.25) is 0 Å². The second-order valence-corrected chi connectivity index (χ2v) is 4.08. The van der Waals surface area contributed by atoms with Gasteiger partial charge in [-0.25, -0.2) is 0 Å². The Morgan fingerprint density at radius 2 is 2.44 bits per heavy atom. The molecule has 0 aromatic carbocycles. The molecule has 1 N–H and O–H groups in total. The van der Waals surface area contributed by atoms with Crippen molar-refractivity contribution in [3.8, 4) is 0 Å². The summed E-state index contributed by atoms with van der Waals surface area (Å²) in [5.41, 5.74) is 1.86. The first-order valence-electron chi connectivity index (χ1n) is 5.74. The van der Waals surface area contributed by atoms with Gasteiger partial charge in [-0.2, -0.15) is 5.10 Å². The van der Waals surface area contributed by atoms with E-state index in [2.05, 4.69) is 17.0 Å². The molecule has 1 rings (SSSR count). The highest BCUT2D eigenvalue weighted by molar-refractivity contribution is 5.91. The lowest BCUT2D eigenvalue weighted by Crippen LogP contribution is -2.25. The van der Waals surface area contributed by atoms with E-state index in [0.29, 0.717) is 19.8 Å². The third-order valence-electron chi connectivity index (χ3n) is 2.05. The number of carbonyl (C=O) groups excluding carboxylic acids is 1. The van der Waals surface area contributed by atoms with Crippen molar-refractivity contribution in [1.29, 1.82) is 0 Å². The number of aryl methyl sites for hydroxylation is 1. The molecule has 0 aliphatic heterocycles. The van der Waals surface area contributed by atoms with Crippen molar-refractivity contribution in [2.45, 2.75) is 6.92 Å². The molecule has 1 aromatic rings. The van der Waals surface area contributed by atoms with Crippen LogP contribution >= 0.6 is 0 Å². The summed E-state index contributed by atoms with van der Waals surface area (Å²) in [5, 5.41) is 6.73. The normalized spacial score (nSPS) is 10.8. The number of rotatable bonds is 7. The minimum absolute atomic E-state index is 0.141. The van der Waals surface area contributed by atoms with Gasteiger partial charge >= 0.3 is 0 Å². The lowest BCUT2D eigenvalue weighted by molar-refractivity contribution is -0.116. The van der Waals surface area contributed by atoms with E-state index in [1.54, 1.807) is 17.0 Å². The van der Waals surface area contributed by atoms with Crippen molar-refractivity contribution < 1.29 is 9.53 Å². The summed E-state index contributed by atoms with van der Waals surface area (Å²) in [6.45, 7) is 7.12. The van der Waals surface area contributed by atoms with E-state index in [-0.39, 0.29) is 5.91 Å². The summed E-state index contributed by atoms with van der Waals surface area (Å²) in [7, 11) is 1.83. The number of amides is 1. The van der Waals surface area contributed by atoms with E-state index in [1.165, 1.54) is 6.08 Å². The SMILES string of the molecule is C=C(C)COCCNC(=O)/C=C/c1cnn(C)c1. The fourth-order valence-electron chi connectivity index (χ4n) is 1.25. The molecule has 0 unspecified atom stereocenters. The van der Waals surface area contributed by atoms with Crippen molar-refractivity contribution in [2.75, 3.05) is 19.8 Å². The van der Waals surface area contributed by atoms with Gasteiger partial charge in [0.25, 0.3) is 0 Å². The molecule has 0 saturated heterocycles. The average molecular weight is 249 g/mol. The van der Waals surface area contributed by atoms with Gasteiger partial charge in [0.2, 0.25) is 5.91 Å². The largest absolute Gasteiger partial charge is 0.375 e. The van der Waals surface area contributed by atoms with Crippen molar-refractivity contribution in [2.24, 2.45) is 7.05 Å². The summed E-state index contributed by atoms with van der Waals surface area (Å²) in [4.78, 5) is 11.4. The molecule has 0 bridgehead atoms. The maximum absolute atomic E-state index is 11.4. The minimum Gasteiger partial charge on any atom is -0.375 e. The topological polar surface area (TPSA) is 56.1 Å². The van der Waals surface area contributed by atoms with Crippen molar-refractivity contribution in [3.05, 3.63) is 36.2 Å². The number of hydrogen-bond donors (Lipinski definition) is 1. The smallest absolute Gasteiger partial charge is 0.244 e. The highest BCUT2D eigenvalue weighted by atomic mass is 16.5. The summed E-state index contributed by atoms with van der Waals surface area (Å²) < 4.78 is 6.94. The Labute approximate surface area is 107 Å². The van der Waals surface area contributed by atoms with E-state index in [0.717, 1.165) is 11.1 Å². The summed E-state index contributed by atoms with van der Waals surface area (Å²) in [6.07, 6.45) is 6.73. The van der Waals surface area contributed by atoms with E-state index in [4.69, 9.17) is 4.74 Å². The Morgan fingerprint density at radius 3 is 3.06 bits per heavy atom. The molecule has 0 aliphatic carbocycles. The lowest BCUT2D eigenvalue weighted by Gasteiger charge is -2.03.